The van der Waals surface area contributed by atoms with Gasteiger partial charge in [-0.25, -0.2) is 13.4 Å². The van der Waals surface area contributed by atoms with Gasteiger partial charge in [0.2, 0.25) is 15.9 Å². The van der Waals surface area contributed by atoms with Gasteiger partial charge in [0, 0.05) is 44.8 Å². The number of hydrogen-bond donors (Lipinski definition) is 0. The second-order valence-electron chi connectivity index (χ2n) is 10.0. The molecule has 2 fully saturated rings. The van der Waals surface area contributed by atoms with Gasteiger partial charge in [0.15, 0.2) is 5.58 Å². The van der Waals surface area contributed by atoms with Crippen molar-refractivity contribution >= 4 is 27.0 Å². The van der Waals surface area contributed by atoms with Crippen LogP contribution in [0.5, 0.6) is 0 Å². The van der Waals surface area contributed by atoms with E-state index in [1.54, 1.807) is 10.4 Å². The molecule has 1 amide bonds. The summed E-state index contributed by atoms with van der Waals surface area (Å²) in [5.74, 6) is 0.631. The number of hydrogen-bond acceptors (Lipinski definition) is 6. The number of aryl methyl sites for hydroxylation is 3. The van der Waals surface area contributed by atoms with Gasteiger partial charge in [-0.3, -0.25) is 9.69 Å². The smallest absolute Gasteiger partial charge is 0.253 e. The van der Waals surface area contributed by atoms with Crippen molar-refractivity contribution in [3.8, 4) is 0 Å². The lowest BCUT2D eigenvalue weighted by molar-refractivity contribution is 0.0724. The van der Waals surface area contributed by atoms with E-state index in [4.69, 9.17) is 4.42 Å². The van der Waals surface area contributed by atoms with Gasteiger partial charge in [-0.05, 0) is 81.0 Å². The third kappa shape index (κ3) is 4.92. The number of rotatable bonds is 5. The van der Waals surface area contributed by atoms with Crippen LogP contribution in [0, 0.1) is 20.8 Å². The number of aromatic nitrogens is 1. The minimum absolute atomic E-state index is 0.0532. The van der Waals surface area contributed by atoms with E-state index in [9.17, 15) is 13.2 Å². The maximum Gasteiger partial charge on any atom is 0.253 e. The lowest BCUT2D eigenvalue weighted by atomic mass is 10.1. The zero-order valence-electron chi connectivity index (χ0n) is 21.3. The fourth-order valence-corrected chi connectivity index (χ4v) is 6.84. The van der Waals surface area contributed by atoms with E-state index in [-0.39, 0.29) is 5.91 Å². The highest BCUT2D eigenvalue weighted by Crippen LogP contribution is 2.25. The maximum absolute atomic E-state index is 13.3. The van der Waals surface area contributed by atoms with Crippen LogP contribution in [0.4, 0.5) is 0 Å². The highest BCUT2D eigenvalue weighted by Gasteiger charge is 2.30. The molecule has 3 aromatic rings. The Kier molecular flexibility index (Phi) is 6.89. The normalized spacial score (nSPS) is 18.1. The van der Waals surface area contributed by atoms with Crippen molar-refractivity contribution in [3.63, 3.8) is 0 Å². The number of piperidine rings is 1. The van der Waals surface area contributed by atoms with Crippen LogP contribution in [-0.4, -0.2) is 72.7 Å². The molecular formula is C27H34N4O4S. The van der Waals surface area contributed by atoms with Crippen LogP contribution in [0.15, 0.2) is 39.6 Å². The summed E-state index contributed by atoms with van der Waals surface area (Å²) in [5, 5.41) is 0. The molecule has 8 nitrogen and oxygen atoms in total. The second kappa shape index (κ2) is 9.95. The Morgan fingerprint density at radius 1 is 0.889 bits per heavy atom. The highest BCUT2D eigenvalue weighted by atomic mass is 32.2. The minimum Gasteiger partial charge on any atom is -0.439 e. The fourth-order valence-electron chi connectivity index (χ4n) is 5.13. The quantitative estimate of drug-likeness (QED) is 0.518. The number of carbonyl (C=O) groups is 1. The average Bonchev–Trinajstić information content (AvgIpc) is 3.28. The van der Waals surface area contributed by atoms with E-state index in [2.05, 4.69) is 9.88 Å². The molecule has 0 radical (unpaired) electrons. The molecular weight excluding hydrogens is 476 g/mol. The zero-order valence-corrected chi connectivity index (χ0v) is 22.1. The minimum atomic E-state index is -3.54. The molecule has 2 aliphatic heterocycles. The number of fused-ring (bicyclic) bond motifs is 1. The van der Waals surface area contributed by atoms with Gasteiger partial charge >= 0.3 is 0 Å². The van der Waals surface area contributed by atoms with Crippen molar-refractivity contribution in [2.75, 3.05) is 39.3 Å². The lowest BCUT2D eigenvalue weighted by Crippen LogP contribution is -2.48. The standard InChI is InChI=1S/C27H34N4O4S/c1-19-15-21(3)25(16-20(19)2)36(33,34)31-13-11-29(12-14-31)18-26-28-23-17-22(7-8-24(23)35-26)27(32)30-9-5-4-6-10-30/h7-8,15-17H,4-6,9-14,18H2,1-3H3. The fraction of sp³-hybridized carbons (Fsp3) is 0.481. The lowest BCUT2D eigenvalue weighted by Gasteiger charge is -2.33. The number of amides is 1. The number of piperazine rings is 1. The molecule has 0 bridgehead atoms. The number of oxazole rings is 1. The van der Waals surface area contributed by atoms with Crippen LogP contribution in [-0.2, 0) is 16.6 Å². The summed E-state index contributed by atoms with van der Waals surface area (Å²) >= 11 is 0. The Labute approximate surface area is 212 Å². The molecule has 0 atom stereocenters. The Balaban J connectivity index is 1.23. The number of nitrogens with zero attached hydrogens (tertiary/aromatic N) is 4. The third-order valence-electron chi connectivity index (χ3n) is 7.42. The van der Waals surface area contributed by atoms with E-state index in [0.29, 0.717) is 60.2 Å². The SMILES string of the molecule is Cc1cc(C)c(S(=O)(=O)N2CCN(Cc3nc4cc(C(=O)N5CCCCC5)ccc4o3)CC2)cc1C. The summed E-state index contributed by atoms with van der Waals surface area (Å²) in [6, 6.07) is 9.17. The first-order valence-corrected chi connectivity index (χ1v) is 14.2. The Morgan fingerprint density at radius 3 is 2.31 bits per heavy atom. The third-order valence-corrected chi connectivity index (χ3v) is 9.46. The van der Waals surface area contributed by atoms with E-state index < -0.39 is 10.0 Å². The first kappa shape index (κ1) is 24.9. The van der Waals surface area contributed by atoms with Gasteiger partial charge in [0.1, 0.15) is 5.52 Å². The van der Waals surface area contributed by atoms with E-state index in [0.717, 1.165) is 42.6 Å². The Hall–Kier alpha value is -2.75. The predicted octanol–water partition coefficient (Wildman–Crippen LogP) is 3.89. The molecule has 2 saturated heterocycles. The molecule has 0 unspecified atom stereocenters. The molecule has 2 aliphatic rings. The van der Waals surface area contributed by atoms with Gasteiger partial charge < -0.3 is 9.32 Å². The molecule has 9 heteroatoms. The van der Waals surface area contributed by atoms with Crippen molar-refractivity contribution in [2.45, 2.75) is 51.5 Å². The highest BCUT2D eigenvalue weighted by molar-refractivity contribution is 7.89. The van der Waals surface area contributed by atoms with Crippen molar-refractivity contribution in [2.24, 2.45) is 0 Å². The number of carbonyl (C=O) groups excluding carboxylic acids is 1. The van der Waals surface area contributed by atoms with Crippen molar-refractivity contribution in [1.29, 1.82) is 0 Å². The van der Waals surface area contributed by atoms with Gasteiger partial charge in [-0.15, -0.1) is 0 Å². The first-order chi connectivity index (χ1) is 17.2. The van der Waals surface area contributed by atoms with E-state index in [1.807, 2.05) is 49.9 Å². The summed E-state index contributed by atoms with van der Waals surface area (Å²) in [6.45, 7) is 9.95. The molecule has 0 spiro atoms. The molecule has 5 rings (SSSR count). The molecule has 0 N–H and O–H groups in total. The van der Waals surface area contributed by atoms with Crippen LogP contribution < -0.4 is 0 Å². The summed E-state index contributed by atoms with van der Waals surface area (Å²) in [5.41, 5.74) is 4.84. The topological polar surface area (TPSA) is 87.0 Å². The Bertz CT molecular complexity index is 1380. The largest absolute Gasteiger partial charge is 0.439 e. The van der Waals surface area contributed by atoms with Crippen LogP contribution >= 0.6 is 0 Å². The second-order valence-corrected chi connectivity index (χ2v) is 11.9. The molecule has 2 aromatic carbocycles. The van der Waals surface area contributed by atoms with Crippen LogP contribution in [0.1, 0.15) is 52.2 Å². The monoisotopic (exact) mass is 510 g/mol. The zero-order chi connectivity index (χ0) is 25.4. The van der Waals surface area contributed by atoms with Gasteiger partial charge in [-0.1, -0.05) is 6.07 Å². The molecule has 36 heavy (non-hydrogen) atoms. The van der Waals surface area contributed by atoms with Crippen LogP contribution in [0.3, 0.4) is 0 Å². The van der Waals surface area contributed by atoms with E-state index in [1.165, 1.54) is 6.42 Å². The number of likely N-dealkylation sites (tertiary alicyclic amines) is 1. The molecule has 0 aliphatic carbocycles. The average molecular weight is 511 g/mol. The molecule has 3 heterocycles. The number of benzene rings is 2. The number of sulfonamides is 1. The Morgan fingerprint density at radius 2 is 1.58 bits per heavy atom. The van der Waals surface area contributed by atoms with Gasteiger partial charge in [0.05, 0.1) is 11.4 Å². The summed E-state index contributed by atoms with van der Waals surface area (Å²) in [4.78, 5) is 21.9. The van der Waals surface area contributed by atoms with Crippen LogP contribution in [0.25, 0.3) is 11.1 Å². The summed E-state index contributed by atoms with van der Waals surface area (Å²) < 4.78 is 34.1. The molecule has 0 saturated carbocycles. The van der Waals surface area contributed by atoms with Crippen molar-refractivity contribution in [1.82, 2.24) is 19.1 Å². The predicted molar refractivity (Wildman–Crippen MR) is 138 cm³/mol. The summed E-state index contributed by atoms with van der Waals surface area (Å²) in [7, 11) is -3.54. The van der Waals surface area contributed by atoms with Crippen molar-refractivity contribution in [3.05, 3.63) is 58.5 Å². The van der Waals surface area contributed by atoms with Gasteiger partial charge in [-0.2, -0.15) is 4.31 Å². The first-order valence-electron chi connectivity index (χ1n) is 12.7. The maximum atomic E-state index is 13.3. The van der Waals surface area contributed by atoms with E-state index >= 15 is 0 Å². The molecule has 192 valence electrons. The summed E-state index contributed by atoms with van der Waals surface area (Å²) in [6.07, 6.45) is 3.29. The van der Waals surface area contributed by atoms with Crippen molar-refractivity contribution < 1.29 is 17.6 Å². The van der Waals surface area contributed by atoms with Crippen LogP contribution in [0.2, 0.25) is 0 Å². The molecule has 1 aromatic heterocycles. The van der Waals surface area contributed by atoms with Gasteiger partial charge in [0.25, 0.3) is 5.91 Å².